The number of nitrogens with zero attached hydrogens (tertiary/aromatic N) is 1. The van der Waals surface area contributed by atoms with Crippen molar-refractivity contribution in [3.63, 3.8) is 0 Å². The Morgan fingerprint density at radius 3 is 1.78 bits per heavy atom. The summed E-state index contributed by atoms with van der Waals surface area (Å²) < 4.78 is 6.92. The summed E-state index contributed by atoms with van der Waals surface area (Å²) in [5.74, 6) is 1.82. The molecule has 6 aromatic carbocycles. The Kier molecular flexibility index (Phi) is 5.49. The van der Waals surface area contributed by atoms with Gasteiger partial charge in [-0.15, -0.1) is 0 Å². The van der Waals surface area contributed by atoms with E-state index in [2.05, 4.69) is 159 Å². The Labute approximate surface area is 263 Å². The van der Waals surface area contributed by atoms with Crippen LogP contribution in [0, 0.1) is 0 Å². The van der Waals surface area contributed by atoms with Crippen LogP contribution in [0.5, 0.6) is 11.5 Å². The summed E-state index contributed by atoms with van der Waals surface area (Å²) in [6, 6.07) is 54.5. The van der Waals surface area contributed by atoms with E-state index in [1.165, 1.54) is 33.4 Å². The van der Waals surface area contributed by atoms with E-state index in [-0.39, 0.29) is 5.41 Å². The van der Waals surface area contributed by atoms with Gasteiger partial charge < -0.3 is 4.74 Å². The first kappa shape index (κ1) is 26.0. The lowest BCUT2D eigenvalue weighted by molar-refractivity contribution is 0.427. The normalized spacial score (nSPS) is 15.0. The zero-order chi connectivity index (χ0) is 30.2. The number of fused-ring (bicyclic) bond motifs is 9. The van der Waals surface area contributed by atoms with E-state index in [4.69, 9.17) is 9.72 Å². The fourth-order valence-corrected chi connectivity index (χ4v) is 7.92. The second kappa shape index (κ2) is 9.51. The molecular formula is C43H31NO. The second-order valence-corrected chi connectivity index (χ2v) is 12.7. The summed E-state index contributed by atoms with van der Waals surface area (Å²) in [5, 5.41) is 1.15. The van der Waals surface area contributed by atoms with Gasteiger partial charge in [0.25, 0.3) is 0 Å². The van der Waals surface area contributed by atoms with Gasteiger partial charge in [0.2, 0.25) is 0 Å². The van der Waals surface area contributed by atoms with Gasteiger partial charge in [0.15, 0.2) is 0 Å². The topological polar surface area (TPSA) is 22.1 Å². The third-order valence-electron chi connectivity index (χ3n) is 10.0. The molecule has 2 heterocycles. The van der Waals surface area contributed by atoms with Crippen molar-refractivity contribution in [1.82, 2.24) is 4.98 Å². The molecule has 0 fully saturated rings. The van der Waals surface area contributed by atoms with Crippen LogP contribution in [0.3, 0.4) is 0 Å². The van der Waals surface area contributed by atoms with Crippen molar-refractivity contribution < 1.29 is 4.74 Å². The van der Waals surface area contributed by atoms with Crippen LogP contribution < -0.4 is 4.74 Å². The van der Waals surface area contributed by atoms with Crippen LogP contribution in [0.4, 0.5) is 0 Å². The smallest absolute Gasteiger partial charge is 0.140 e. The minimum Gasteiger partial charge on any atom is -0.456 e. The zero-order valence-electron chi connectivity index (χ0n) is 25.3. The van der Waals surface area contributed by atoms with Crippen molar-refractivity contribution in [3.05, 3.63) is 185 Å². The van der Waals surface area contributed by atoms with Gasteiger partial charge in [0.1, 0.15) is 11.5 Å². The van der Waals surface area contributed by atoms with E-state index in [9.17, 15) is 0 Å². The molecule has 0 atom stereocenters. The summed E-state index contributed by atoms with van der Waals surface area (Å²) in [4.78, 5) is 4.93. The average Bonchev–Trinajstić information content (AvgIpc) is 3.10. The Bertz CT molecular complexity index is 2230. The van der Waals surface area contributed by atoms with E-state index in [0.717, 1.165) is 44.8 Å². The Morgan fingerprint density at radius 2 is 1.04 bits per heavy atom. The van der Waals surface area contributed by atoms with Crippen molar-refractivity contribution in [2.45, 2.75) is 24.7 Å². The molecular weight excluding hydrogens is 546 g/mol. The highest BCUT2D eigenvalue weighted by molar-refractivity contribution is 5.84. The summed E-state index contributed by atoms with van der Waals surface area (Å²) in [6.07, 6.45) is 0. The second-order valence-electron chi connectivity index (χ2n) is 12.7. The maximum Gasteiger partial charge on any atom is 0.140 e. The number of rotatable bonds is 2. The predicted molar refractivity (Wildman–Crippen MR) is 183 cm³/mol. The highest BCUT2D eigenvalue weighted by Gasteiger charge is 2.53. The highest BCUT2D eigenvalue weighted by Crippen LogP contribution is 2.62. The van der Waals surface area contributed by atoms with Gasteiger partial charge in [-0.05, 0) is 46.0 Å². The average molecular weight is 578 g/mol. The molecule has 0 N–H and O–H groups in total. The van der Waals surface area contributed by atoms with Gasteiger partial charge in [-0.25, -0.2) is 4.98 Å². The van der Waals surface area contributed by atoms with Crippen LogP contribution in [0.25, 0.3) is 33.3 Å². The van der Waals surface area contributed by atoms with Crippen LogP contribution in [-0.2, 0) is 10.8 Å². The van der Waals surface area contributed by atoms with Crippen molar-refractivity contribution in [3.8, 4) is 33.9 Å². The van der Waals surface area contributed by atoms with Crippen LogP contribution in [0.1, 0.15) is 47.2 Å². The van der Waals surface area contributed by atoms with Gasteiger partial charge in [-0.1, -0.05) is 147 Å². The molecule has 9 rings (SSSR count). The van der Waals surface area contributed by atoms with Gasteiger partial charge in [0, 0.05) is 33.1 Å². The SMILES string of the molecule is CC1(C)c2ccccc2C2(c3ccccc3Oc3c(-c4ccc(-c5ccc6ccccc6n5)cc4)cccc32)c2ccccc21. The molecule has 0 amide bonds. The summed E-state index contributed by atoms with van der Waals surface area (Å²) in [7, 11) is 0. The van der Waals surface area contributed by atoms with E-state index >= 15 is 0 Å². The third-order valence-corrected chi connectivity index (χ3v) is 10.0. The standard InChI is InChI=1S/C43H31NO/c1-42(2)32-14-4-6-16-34(32)43(35-17-7-5-15-33(35)42)36-18-8-10-21-40(36)45-41-31(13-11-19-37(41)43)28-22-24-30(25-23-28)39-27-26-29-12-3-9-20-38(29)44-39/h3-27H,1-2H3. The highest BCUT2D eigenvalue weighted by atomic mass is 16.5. The monoisotopic (exact) mass is 577 g/mol. The summed E-state index contributed by atoms with van der Waals surface area (Å²) >= 11 is 0. The van der Waals surface area contributed by atoms with E-state index < -0.39 is 5.41 Å². The van der Waals surface area contributed by atoms with E-state index in [0.29, 0.717) is 0 Å². The molecule has 2 heteroatoms. The molecule has 0 saturated carbocycles. The number of hydrogen-bond acceptors (Lipinski definition) is 2. The molecule has 1 aliphatic carbocycles. The van der Waals surface area contributed by atoms with Gasteiger partial charge in [-0.2, -0.15) is 0 Å². The maximum atomic E-state index is 6.92. The van der Waals surface area contributed by atoms with Crippen molar-refractivity contribution in [2.24, 2.45) is 0 Å². The number of pyridine rings is 1. The minimum absolute atomic E-state index is 0.143. The van der Waals surface area contributed by atoms with Gasteiger partial charge >= 0.3 is 0 Å². The van der Waals surface area contributed by atoms with Crippen LogP contribution >= 0.6 is 0 Å². The number of aromatic nitrogens is 1. The molecule has 0 saturated heterocycles. The van der Waals surface area contributed by atoms with E-state index in [1.54, 1.807) is 0 Å². The molecule has 1 aromatic heterocycles. The summed E-state index contributed by atoms with van der Waals surface area (Å²) in [5.41, 5.74) is 12.3. The van der Waals surface area contributed by atoms with Crippen LogP contribution in [0.2, 0.25) is 0 Å². The lowest BCUT2D eigenvalue weighted by atomic mass is 9.53. The predicted octanol–water partition coefficient (Wildman–Crippen LogP) is 10.7. The van der Waals surface area contributed by atoms with Gasteiger partial charge in [-0.3, -0.25) is 0 Å². The molecule has 45 heavy (non-hydrogen) atoms. The van der Waals surface area contributed by atoms with Crippen molar-refractivity contribution in [1.29, 1.82) is 0 Å². The lowest BCUT2D eigenvalue weighted by Gasteiger charge is -2.50. The zero-order valence-corrected chi connectivity index (χ0v) is 25.3. The van der Waals surface area contributed by atoms with Crippen LogP contribution in [-0.4, -0.2) is 4.98 Å². The third kappa shape index (κ3) is 3.60. The molecule has 2 nitrogen and oxygen atoms in total. The fourth-order valence-electron chi connectivity index (χ4n) is 7.92. The molecule has 1 aliphatic heterocycles. The lowest BCUT2D eigenvalue weighted by Crippen LogP contribution is -2.43. The first-order chi connectivity index (χ1) is 22.1. The fraction of sp³-hybridized carbons (Fsp3) is 0.0930. The Hall–Kier alpha value is -5.47. The minimum atomic E-state index is -0.516. The Morgan fingerprint density at radius 1 is 0.467 bits per heavy atom. The van der Waals surface area contributed by atoms with Crippen molar-refractivity contribution >= 4 is 10.9 Å². The first-order valence-electron chi connectivity index (χ1n) is 15.6. The van der Waals surface area contributed by atoms with Crippen molar-refractivity contribution in [2.75, 3.05) is 0 Å². The van der Waals surface area contributed by atoms with Gasteiger partial charge in [0.05, 0.1) is 16.6 Å². The molecule has 7 aromatic rings. The quantitative estimate of drug-likeness (QED) is 0.204. The number of benzene rings is 6. The molecule has 0 radical (unpaired) electrons. The molecule has 1 spiro atoms. The molecule has 214 valence electrons. The Balaban J connectivity index is 1.27. The van der Waals surface area contributed by atoms with E-state index in [1.807, 2.05) is 6.07 Å². The molecule has 0 unspecified atom stereocenters. The number of hydrogen-bond donors (Lipinski definition) is 0. The molecule has 0 bridgehead atoms. The largest absolute Gasteiger partial charge is 0.456 e. The molecule has 2 aliphatic rings. The van der Waals surface area contributed by atoms with Crippen LogP contribution in [0.15, 0.2) is 152 Å². The maximum absolute atomic E-state index is 6.92. The number of ether oxygens (including phenoxy) is 1. The summed E-state index contributed by atoms with van der Waals surface area (Å²) in [6.45, 7) is 4.71. The first-order valence-corrected chi connectivity index (χ1v) is 15.6. The number of para-hydroxylation sites is 3.